The molecular formula is C34H75ClO16. The number of hydrogen-bond donors (Lipinski definition) is 2. The van der Waals surface area contributed by atoms with Crippen LogP contribution in [0.4, 0.5) is 0 Å². The van der Waals surface area contributed by atoms with Gasteiger partial charge in [-0.3, -0.25) is 0 Å². The Morgan fingerprint density at radius 3 is 0.882 bits per heavy atom. The highest BCUT2D eigenvalue weighted by Gasteiger charge is 2.19. The minimum atomic E-state index is -0.580. The molecule has 0 aromatic carbocycles. The number of aliphatic hydroxyl groups excluding tert-OH is 2. The summed E-state index contributed by atoms with van der Waals surface area (Å²) in [5.41, 5.74) is 0. The molecule has 1 aliphatic rings. The van der Waals surface area contributed by atoms with Gasteiger partial charge in [0.1, 0.15) is 12.9 Å². The first-order chi connectivity index (χ1) is 24.8. The fourth-order valence-electron chi connectivity index (χ4n) is 2.73. The van der Waals surface area contributed by atoms with Crippen molar-refractivity contribution in [3.05, 3.63) is 0 Å². The predicted molar refractivity (Wildman–Crippen MR) is 195 cm³/mol. The van der Waals surface area contributed by atoms with Crippen molar-refractivity contribution in [3.8, 4) is 0 Å². The third-order valence-corrected chi connectivity index (χ3v) is 5.87. The van der Waals surface area contributed by atoms with Gasteiger partial charge in [0, 0.05) is 61.6 Å². The number of alkyl halides is 1. The van der Waals surface area contributed by atoms with Crippen LogP contribution in [0.25, 0.3) is 0 Å². The van der Waals surface area contributed by atoms with Crippen molar-refractivity contribution in [1.29, 1.82) is 0 Å². The topological polar surface area (TPSA) is 173 Å². The Hall–Kier alpha value is -0.350. The molecule has 0 saturated carbocycles. The van der Waals surface area contributed by atoms with Crippen molar-refractivity contribution >= 4 is 11.6 Å². The summed E-state index contributed by atoms with van der Waals surface area (Å²) in [5.74, 6) is 1.51. The summed E-state index contributed by atoms with van der Waals surface area (Å²) in [7, 11) is 11.3. The van der Waals surface area contributed by atoms with Gasteiger partial charge in [-0.25, -0.2) is 0 Å². The lowest BCUT2D eigenvalue weighted by Gasteiger charge is -2.12. The third-order valence-electron chi connectivity index (χ3n) is 5.52. The maximum absolute atomic E-state index is 9.32. The fourth-order valence-corrected chi connectivity index (χ4v) is 2.91. The number of aliphatic hydroxyl groups is 2. The first-order valence-electron chi connectivity index (χ1n) is 17.1. The summed E-state index contributed by atoms with van der Waals surface area (Å²) >= 11 is 5.27. The van der Waals surface area contributed by atoms with Gasteiger partial charge in [0.05, 0.1) is 138 Å². The number of halogens is 1. The highest BCUT2D eigenvalue weighted by atomic mass is 35.5. The largest absolute Gasteiger partial charge is 0.388 e. The van der Waals surface area contributed by atoms with E-state index in [1.165, 1.54) is 7.11 Å². The minimum absolute atomic E-state index is 0.181. The van der Waals surface area contributed by atoms with Gasteiger partial charge >= 0.3 is 0 Å². The molecule has 1 unspecified atom stereocenters. The Labute approximate surface area is 313 Å². The zero-order valence-corrected chi connectivity index (χ0v) is 33.9. The number of methoxy groups -OCH3 is 7. The molecule has 1 atom stereocenters. The first-order valence-corrected chi connectivity index (χ1v) is 17.7. The Balaban J connectivity index is -0.000000288. The molecule has 17 heteroatoms. The highest BCUT2D eigenvalue weighted by molar-refractivity contribution is 6.18. The summed E-state index contributed by atoms with van der Waals surface area (Å²) in [6, 6.07) is 0. The second-order valence-corrected chi connectivity index (χ2v) is 11.1. The maximum atomic E-state index is 9.32. The Morgan fingerprint density at radius 2 is 0.725 bits per heavy atom. The standard InChI is InChI=1S/2C10H22O4.C9H20O5.C3H5ClO.C2H6O2/c2*1-10(8-13-6-4-11-2)9-14-7-5-12-3;1-11-3-5-13-7-9(10)8-14-6-4-12-2;4-1-3-2-5-3;1-4-2-3/h2*10H,4-9H2,1-3H3;9-10H,3-8H2,1-2H3;3H,1-2H2;3H,2H2,1H3. The molecule has 1 fully saturated rings. The molecule has 16 nitrogen and oxygen atoms in total. The minimum Gasteiger partial charge on any atom is -0.388 e. The van der Waals surface area contributed by atoms with Gasteiger partial charge in [-0.2, -0.15) is 0 Å². The molecule has 0 aromatic rings. The SMILES string of the molecule is COCCOCC(C)COCCOC.COCCOCC(C)COCCOC.COCCOCC(O)COCCOC.COCO.ClCC1CO1. The Morgan fingerprint density at radius 1 is 0.490 bits per heavy atom. The second kappa shape index (κ2) is 54.0. The molecule has 0 spiro atoms. The summed E-state index contributed by atoms with van der Waals surface area (Å²) in [6.07, 6.45) is -0.180. The van der Waals surface area contributed by atoms with E-state index in [9.17, 15) is 5.11 Å². The van der Waals surface area contributed by atoms with E-state index in [2.05, 4.69) is 18.6 Å². The Kier molecular flexibility index (Phi) is 60.7. The monoisotopic (exact) mass is 774 g/mol. The van der Waals surface area contributed by atoms with Crippen LogP contribution >= 0.6 is 11.6 Å². The van der Waals surface area contributed by atoms with Gasteiger partial charge in [-0.1, -0.05) is 13.8 Å². The average Bonchev–Trinajstić information content (AvgIpc) is 3.99. The van der Waals surface area contributed by atoms with Gasteiger partial charge in [0.25, 0.3) is 0 Å². The predicted octanol–water partition coefficient (Wildman–Crippen LogP) is 1.78. The van der Waals surface area contributed by atoms with Crippen LogP contribution in [0.1, 0.15) is 13.8 Å². The Bertz CT molecular complexity index is 471. The normalized spacial score (nSPS) is 13.1. The molecule has 0 bridgehead atoms. The molecule has 1 rings (SSSR count). The van der Waals surface area contributed by atoms with E-state index in [1.807, 2.05) is 0 Å². The van der Waals surface area contributed by atoms with Gasteiger partial charge in [0.2, 0.25) is 0 Å². The van der Waals surface area contributed by atoms with Crippen LogP contribution in [0.3, 0.4) is 0 Å². The number of rotatable bonds is 32. The van der Waals surface area contributed by atoms with Crippen LogP contribution in [-0.2, 0) is 66.3 Å². The van der Waals surface area contributed by atoms with E-state index >= 15 is 0 Å². The number of hydrogen-bond acceptors (Lipinski definition) is 16. The van der Waals surface area contributed by atoms with Gasteiger partial charge in [-0.05, 0) is 0 Å². The average molecular weight is 775 g/mol. The van der Waals surface area contributed by atoms with Crippen molar-refractivity contribution in [2.75, 3.05) is 188 Å². The number of ether oxygens (including phenoxy) is 14. The van der Waals surface area contributed by atoms with E-state index in [0.717, 1.165) is 33.0 Å². The van der Waals surface area contributed by atoms with Gasteiger partial charge < -0.3 is 76.5 Å². The summed E-state index contributed by atoms with van der Waals surface area (Å²) in [6.45, 7) is 15.6. The van der Waals surface area contributed by atoms with E-state index < -0.39 is 6.10 Å². The van der Waals surface area contributed by atoms with Crippen LogP contribution in [0, 0.1) is 11.8 Å². The molecular weight excluding hydrogens is 700 g/mol. The molecule has 0 amide bonds. The van der Waals surface area contributed by atoms with Gasteiger partial charge in [0.15, 0.2) is 0 Å². The molecule has 0 aromatic heterocycles. The quantitative estimate of drug-likeness (QED) is 0.0438. The second-order valence-electron chi connectivity index (χ2n) is 10.8. The summed E-state index contributed by atoms with van der Waals surface area (Å²) < 4.78 is 69.5. The summed E-state index contributed by atoms with van der Waals surface area (Å²) in [4.78, 5) is 0. The van der Waals surface area contributed by atoms with Crippen molar-refractivity contribution in [2.24, 2.45) is 11.8 Å². The fraction of sp³-hybridized carbons (Fsp3) is 1.00. The van der Waals surface area contributed by atoms with Crippen LogP contribution in [-0.4, -0.2) is 210 Å². The molecule has 2 N–H and O–H groups in total. The molecule has 1 saturated heterocycles. The number of epoxide rings is 1. The maximum Gasteiger partial charge on any atom is 0.143 e. The summed E-state index contributed by atoms with van der Waals surface area (Å²) in [5, 5.41) is 17.0. The van der Waals surface area contributed by atoms with E-state index in [4.69, 9.17) is 78.3 Å². The molecule has 0 radical (unpaired) electrons. The molecule has 1 heterocycles. The van der Waals surface area contributed by atoms with Crippen molar-refractivity contribution in [2.45, 2.75) is 26.1 Å². The lowest BCUT2D eigenvalue weighted by molar-refractivity contribution is -0.0356. The van der Waals surface area contributed by atoms with Crippen LogP contribution in [0.15, 0.2) is 0 Å². The van der Waals surface area contributed by atoms with E-state index in [0.29, 0.717) is 103 Å². The molecule has 1 aliphatic heterocycles. The zero-order chi connectivity index (χ0) is 39.1. The first kappa shape index (κ1) is 57.4. The van der Waals surface area contributed by atoms with Crippen molar-refractivity contribution < 1.29 is 76.5 Å². The van der Waals surface area contributed by atoms with Crippen LogP contribution < -0.4 is 0 Å². The smallest absolute Gasteiger partial charge is 0.143 e. The molecule has 51 heavy (non-hydrogen) atoms. The van der Waals surface area contributed by atoms with Crippen molar-refractivity contribution in [3.63, 3.8) is 0 Å². The zero-order valence-electron chi connectivity index (χ0n) is 33.1. The van der Waals surface area contributed by atoms with E-state index in [-0.39, 0.29) is 20.0 Å². The van der Waals surface area contributed by atoms with Crippen LogP contribution in [0.2, 0.25) is 0 Å². The lowest BCUT2D eigenvalue weighted by atomic mass is 10.2. The van der Waals surface area contributed by atoms with E-state index in [1.54, 1.807) is 42.7 Å². The van der Waals surface area contributed by atoms with Crippen LogP contribution in [0.5, 0.6) is 0 Å². The third kappa shape index (κ3) is 65.0. The highest BCUT2D eigenvalue weighted by Crippen LogP contribution is 2.08. The molecule has 0 aliphatic carbocycles. The molecule has 314 valence electrons. The van der Waals surface area contributed by atoms with Crippen molar-refractivity contribution in [1.82, 2.24) is 0 Å². The van der Waals surface area contributed by atoms with Gasteiger partial charge in [-0.15, -0.1) is 11.6 Å². The lowest BCUT2D eigenvalue weighted by Crippen LogP contribution is -2.23.